The molecule has 1 atom stereocenters. The van der Waals surface area contributed by atoms with Crippen LogP contribution in [-0.4, -0.2) is 22.2 Å². The van der Waals surface area contributed by atoms with Crippen molar-refractivity contribution < 1.29 is 0 Å². The minimum atomic E-state index is 0.0991. The van der Waals surface area contributed by atoms with Gasteiger partial charge in [-0.3, -0.25) is 4.79 Å². The molecule has 1 saturated heterocycles. The maximum atomic E-state index is 12.1. The maximum Gasteiger partial charge on any atom is 0.274 e. The lowest BCUT2D eigenvalue weighted by atomic mass is 10.1. The largest absolute Gasteiger partial charge is 0.343 e. The molecule has 96 valence electrons. The van der Waals surface area contributed by atoms with Crippen molar-refractivity contribution in [2.45, 2.75) is 19.4 Å². The van der Waals surface area contributed by atoms with Crippen molar-refractivity contribution in [1.29, 1.82) is 0 Å². The fraction of sp³-hybridized carbons (Fsp3) is 0.500. The Morgan fingerprint density at radius 1 is 1.39 bits per heavy atom. The Morgan fingerprint density at radius 3 is 3.00 bits per heavy atom. The summed E-state index contributed by atoms with van der Waals surface area (Å²) in [4.78, 5) is 12.1. The van der Waals surface area contributed by atoms with Gasteiger partial charge in [0.05, 0.1) is 0 Å². The van der Waals surface area contributed by atoms with Crippen LogP contribution in [0.15, 0.2) is 29.3 Å². The molecule has 3 heterocycles. The van der Waals surface area contributed by atoms with Crippen molar-refractivity contribution in [1.82, 2.24) is 14.5 Å². The molecule has 1 fully saturated rings. The van der Waals surface area contributed by atoms with Gasteiger partial charge in [0.2, 0.25) is 0 Å². The highest BCUT2D eigenvalue weighted by Gasteiger charge is 2.15. The molecule has 0 radical (unpaired) electrons. The summed E-state index contributed by atoms with van der Waals surface area (Å²) >= 11 is 0. The molecular formula is C14H19N3O. The fourth-order valence-corrected chi connectivity index (χ4v) is 2.77. The molecule has 18 heavy (non-hydrogen) atoms. The SMILES string of the molecule is Cn1ccc2ccn(CCC3CCNC3)c2c1=O. The highest BCUT2D eigenvalue weighted by Crippen LogP contribution is 2.16. The van der Waals surface area contributed by atoms with E-state index in [1.807, 2.05) is 24.5 Å². The molecule has 3 rings (SSSR count). The van der Waals surface area contributed by atoms with Gasteiger partial charge in [0.1, 0.15) is 5.52 Å². The number of fused-ring (bicyclic) bond motifs is 1. The first-order valence-corrected chi connectivity index (χ1v) is 6.61. The van der Waals surface area contributed by atoms with Gasteiger partial charge in [-0.25, -0.2) is 0 Å². The molecule has 0 aromatic carbocycles. The monoisotopic (exact) mass is 245 g/mol. The molecule has 2 aromatic rings. The average molecular weight is 245 g/mol. The summed E-state index contributed by atoms with van der Waals surface area (Å²) in [6.45, 7) is 3.20. The van der Waals surface area contributed by atoms with Gasteiger partial charge in [-0.05, 0) is 44.0 Å². The second-order valence-electron chi connectivity index (χ2n) is 5.19. The zero-order chi connectivity index (χ0) is 12.5. The third kappa shape index (κ3) is 1.97. The molecule has 2 aromatic heterocycles. The van der Waals surface area contributed by atoms with Crippen molar-refractivity contribution in [2.24, 2.45) is 13.0 Å². The number of rotatable bonds is 3. The van der Waals surface area contributed by atoms with E-state index in [4.69, 9.17) is 0 Å². The van der Waals surface area contributed by atoms with Gasteiger partial charge in [0, 0.05) is 31.4 Å². The number of hydrogen-bond acceptors (Lipinski definition) is 2. The third-order valence-corrected chi connectivity index (χ3v) is 3.94. The summed E-state index contributed by atoms with van der Waals surface area (Å²) in [5, 5.41) is 4.43. The summed E-state index contributed by atoms with van der Waals surface area (Å²) in [7, 11) is 1.81. The van der Waals surface area contributed by atoms with E-state index in [1.54, 1.807) is 11.6 Å². The van der Waals surface area contributed by atoms with Crippen molar-refractivity contribution in [3.8, 4) is 0 Å². The molecule has 0 spiro atoms. The van der Waals surface area contributed by atoms with E-state index < -0.39 is 0 Å². The van der Waals surface area contributed by atoms with E-state index in [0.717, 1.165) is 42.9 Å². The van der Waals surface area contributed by atoms with Crippen LogP contribution in [0.5, 0.6) is 0 Å². The van der Waals surface area contributed by atoms with Gasteiger partial charge in [-0.1, -0.05) is 0 Å². The lowest BCUT2D eigenvalue weighted by Crippen LogP contribution is -2.19. The Hall–Kier alpha value is -1.55. The Kier molecular flexibility index (Phi) is 2.96. The number of aromatic nitrogens is 2. The van der Waals surface area contributed by atoms with E-state index in [0.29, 0.717) is 0 Å². The minimum absolute atomic E-state index is 0.0991. The van der Waals surface area contributed by atoms with Crippen LogP contribution < -0.4 is 10.9 Å². The molecular weight excluding hydrogens is 226 g/mol. The molecule has 0 saturated carbocycles. The highest BCUT2D eigenvalue weighted by molar-refractivity contribution is 5.78. The summed E-state index contributed by atoms with van der Waals surface area (Å²) < 4.78 is 3.76. The summed E-state index contributed by atoms with van der Waals surface area (Å²) in [6.07, 6.45) is 6.27. The molecule has 1 N–H and O–H groups in total. The second kappa shape index (κ2) is 4.61. The molecule has 1 unspecified atom stereocenters. The van der Waals surface area contributed by atoms with Crippen molar-refractivity contribution >= 4 is 10.9 Å². The molecule has 1 aliphatic rings. The van der Waals surface area contributed by atoms with Crippen LogP contribution >= 0.6 is 0 Å². The highest BCUT2D eigenvalue weighted by atomic mass is 16.1. The third-order valence-electron chi connectivity index (χ3n) is 3.94. The number of aryl methyl sites for hydroxylation is 2. The van der Waals surface area contributed by atoms with E-state index in [9.17, 15) is 4.79 Å². The van der Waals surface area contributed by atoms with Crippen molar-refractivity contribution in [3.63, 3.8) is 0 Å². The summed E-state index contributed by atoms with van der Waals surface area (Å²) in [5.41, 5.74) is 0.938. The Balaban J connectivity index is 1.87. The normalized spacial score (nSPS) is 19.7. The van der Waals surface area contributed by atoms with Crippen LogP contribution in [0, 0.1) is 5.92 Å². The number of hydrogen-bond donors (Lipinski definition) is 1. The van der Waals surface area contributed by atoms with Gasteiger partial charge < -0.3 is 14.5 Å². The standard InChI is InChI=1S/C14H19N3O/c1-16-7-4-12-5-9-17(13(12)14(16)18)8-3-11-2-6-15-10-11/h4-5,7,9,11,15H,2-3,6,8,10H2,1H3. The maximum absolute atomic E-state index is 12.1. The van der Waals surface area contributed by atoms with Crippen LogP contribution in [0.1, 0.15) is 12.8 Å². The quantitative estimate of drug-likeness (QED) is 0.886. The van der Waals surface area contributed by atoms with Crippen LogP contribution in [0.25, 0.3) is 10.9 Å². The first-order chi connectivity index (χ1) is 8.75. The molecule has 4 nitrogen and oxygen atoms in total. The molecule has 0 bridgehead atoms. The lowest BCUT2D eigenvalue weighted by molar-refractivity contribution is 0.485. The Bertz CT molecular complexity index is 605. The Labute approximate surface area is 106 Å². The molecule has 1 aliphatic heterocycles. The lowest BCUT2D eigenvalue weighted by Gasteiger charge is -2.10. The first-order valence-electron chi connectivity index (χ1n) is 6.61. The topological polar surface area (TPSA) is 39.0 Å². The number of pyridine rings is 1. The zero-order valence-corrected chi connectivity index (χ0v) is 10.7. The molecule has 4 heteroatoms. The van der Waals surface area contributed by atoms with Gasteiger partial charge in [-0.15, -0.1) is 0 Å². The predicted molar refractivity (Wildman–Crippen MR) is 72.8 cm³/mol. The van der Waals surface area contributed by atoms with E-state index in [1.165, 1.54) is 6.42 Å². The molecule has 0 aliphatic carbocycles. The van der Waals surface area contributed by atoms with Crippen LogP contribution in [0.2, 0.25) is 0 Å². The van der Waals surface area contributed by atoms with E-state index >= 15 is 0 Å². The van der Waals surface area contributed by atoms with Gasteiger partial charge in [0.15, 0.2) is 0 Å². The number of nitrogens with zero attached hydrogens (tertiary/aromatic N) is 2. The van der Waals surface area contributed by atoms with Crippen molar-refractivity contribution in [3.05, 3.63) is 34.9 Å². The van der Waals surface area contributed by atoms with Crippen LogP contribution in [0.3, 0.4) is 0 Å². The average Bonchev–Trinajstić information content (AvgIpc) is 3.00. The smallest absolute Gasteiger partial charge is 0.274 e. The van der Waals surface area contributed by atoms with Gasteiger partial charge in [-0.2, -0.15) is 0 Å². The van der Waals surface area contributed by atoms with Crippen LogP contribution in [-0.2, 0) is 13.6 Å². The first kappa shape index (κ1) is 11.5. The number of nitrogens with one attached hydrogen (secondary N) is 1. The van der Waals surface area contributed by atoms with E-state index in [-0.39, 0.29) is 5.56 Å². The summed E-state index contributed by atoms with van der Waals surface area (Å²) in [5.74, 6) is 0.759. The zero-order valence-electron chi connectivity index (χ0n) is 10.7. The second-order valence-corrected chi connectivity index (χ2v) is 5.19. The fourth-order valence-electron chi connectivity index (χ4n) is 2.77. The minimum Gasteiger partial charge on any atom is -0.343 e. The van der Waals surface area contributed by atoms with E-state index in [2.05, 4.69) is 9.88 Å². The van der Waals surface area contributed by atoms with Crippen molar-refractivity contribution in [2.75, 3.05) is 13.1 Å². The summed E-state index contributed by atoms with van der Waals surface area (Å²) in [6, 6.07) is 4.04. The van der Waals surface area contributed by atoms with Crippen LogP contribution in [0.4, 0.5) is 0 Å². The van der Waals surface area contributed by atoms with Gasteiger partial charge >= 0.3 is 0 Å². The van der Waals surface area contributed by atoms with Gasteiger partial charge in [0.25, 0.3) is 5.56 Å². The predicted octanol–water partition coefficient (Wildman–Crippen LogP) is 1.34. The molecule has 0 amide bonds. The Morgan fingerprint density at radius 2 is 2.22 bits per heavy atom.